The van der Waals surface area contributed by atoms with E-state index in [4.69, 9.17) is 9.47 Å². The number of methoxy groups -OCH3 is 2. The quantitative estimate of drug-likeness (QED) is 0.864. The molecule has 134 valence electrons. The number of hydrogen-bond donors (Lipinski definition) is 1. The molecule has 0 heterocycles. The normalized spacial score (nSPS) is 11.1. The zero-order chi connectivity index (χ0) is 18.4. The number of nitrogens with one attached hydrogen (secondary N) is 1. The summed E-state index contributed by atoms with van der Waals surface area (Å²) in [7, 11) is 3.05. The minimum absolute atomic E-state index is 0.00538. The van der Waals surface area contributed by atoms with Gasteiger partial charge < -0.3 is 14.8 Å². The molecule has 2 rings (SSSR count). The van der Waals surface area contributed by atoms with E-state index in [-0.39, 0.29) is 18.9 Å². The van der Waals surface area contributed by atoms with Gasteiger partial charge >= 0.3 is 6.18 Å². The predicted molar refractivity (Wildman–Crippen MR) is 86.5 cm³/mol. The van der Waals surface area contributed by atoms with E-state index in [0.717, 1.165) is 17.7 Å². The Morgan fingerprint density at radius 1 is 0.960 bits per heavy atom. The fourth-order valence-corrected chi connectivity index (χ4v) is 2.25. The van der Waals surface area contributed by atoms with Gasteiger partial charge in [-0.25, -0.2) is 0 Å². The van der Waals surface area contributed by atoms with E-state index >= 15 is 0 Å². The average molecular weight is 353 g/mol. The van der Waals surface area contributed by atoms with Crippen LogP contribution < -0.4 is 14.8 Å². The van der Waals surface area contributed by atoms with E-state index in [1.54, 1.807) is 18.2 Å². The van der Waals surface area contributed by atoms with Crippen molar-refractivity contribution in [2.45, 2.75) is 19.1 Å². The van der Waals surface area contributed by atoms with Gasteiger partial charge in [0, 0.05) is 6.54 Å². The molecule has 25 heavy (non-hydrogen) atoms. The summed E-state index contributed by atoms with van der Waals surface area (Å²) in [6, 6.07) is 9.82. The zero-order valence-electron chi connectivity index (χ0n) is 13.8. The van der Waals surface area contributed by atoms with E-state index in [1.807, 2.05) is 0 Å². The molecule has 1 amide bonds. The summed E-state index contributed by atoms with van der Waals surface area (Å²) < 4.78 is 47.8. The maximum Gasteiger partial charge on any atom is 0.416 e. The van der Waals surface area contributed by atoms with Crippen molar-refractivity contribution in [1.82, 2.24) is 5.32 Å². The van der Waals surface area contributed by atoms with Crippen LogP contribution in [0.1, 0.15) is 16.7 Å². The van der Waals surface area contributed by atoms with Crippen molar-refractivity contribution in [2.24, 2.45) is 0 Å². The third kappa shape index (κ3) is 5.14. The van der Waals surface area contributed by atoms with Crippen LogP contribution in [-0.4, -0.2) is 20.1 Å². The predicted octanol–water partition coefficient (Wildman–Crippen LogP) is 3.58. The molecule has 0 bridgehead atoms. The molecule has 0 saturated carbocycles. The van der Waals surface area contributed by atoms with Gasteiger partial charge in [0.1, 0.15) is 0 Å². The second kappa shape index (κ2) is 7.92. The third-order valence-electron chi connectivity index (χ3n) is 3.58. The molecule has 2 aromatic carbocycles. The van der Waals surface area contributed by atoms with Crippen molar-refractivity contribution in [1.29, 1.82) is 0 Å². The first kappa shape index (κ1) is 18.6. The van der Waals surface area contributed by atoms with Gasteiger partial charge in [-0.05, 0) is 35.4 Å². The van der Waals surface area contributed by atoms with Gasteiger partial charge in [0.15, 0.2) is 11.5 Å². The van der Waals surface area contributed by atoms with Crippen LogP contribution >= 0.6 is 0 Å². The molecule has 2 aromatic rings. The molecule has 0 aromatic heterocycles. The van der Waals surface area contributed by atoms with Gasteiger partial charge in [0.25, 0.3) is 0 Å². The average Bonchev–Trinajstić information content (AvgIpc) is 2.59. The molecule has 0 aliphatic rings. The lowest BCUT2D eigenvalue weighted by Gasteiger charge is -2.11. The summed E-state index contributed by atoms with van der Waals surface area (Å²) in [4.78, 5) is 12.0. The Labute approximate surface area is 143 Å². The van der Waals surface area contributed by atoms with Gasteiger partial charge in [-0.1, -0.05) is 18.2 Å². The van der Waals surface area contributed by atoms with Crippen molar-refractivity contribution < 1.29 is 27.4 Å². The van der Waals surface area contributed by atoms with Crippen LogP contribution in [0.15, 0.2) is 42.5 Å². The zero-order valence-corrected chi connectivity index (χ0v) is 13.8. The second-order valence-corrected chi connectivity index (χ2v) is 5.34. The highest BCUT2D eigenvalue weighted by atomic mass is 19.4. The van der Waals surface area contributed by atoms with Crippen molar-refractivity contribution in [3.05, 3.63) is 59.2 Å². The number of benzene rings is 2. The Bertz CT molecular complexity index is 727. The summed E-state index contributed by atoms with van der Waals surface area (Å²) in [5.41, 5.74) is 0.596. The highest BCUT2D eigenvalue weighted by Crippen LogP contribution is 2.29. The van der Waals surface area contributed by atoms with Crippen LogP contribution in [0.2, 0.25) is 0 Å². The molecule has 7 heteroatoms. The Morgan fingerprint density at radius 3 is 2.12 bits per heavy atom. The van der Waals surface area contributed by atoms with Gasteiger partial charge in [-0.15, -0.1) is 0 Å². The van der Waals surface area contributed by atoms with Crippen LogP contribution in [0.5, 0.6) is 11.5 Å². The first-order valence-electron chi connectivity index (χ1n) is 7.47. The van der Waals surface area contributed by atoms with Gasteiger partial charge in [0.05, 0.1) is 26.2 Å². The number of carbonyl (C=O) groups is 1. The molecule has 0 fully saturated rings. The van der Waals surface area contributed by atoms with Crippen molar-refractivity contribution in [3.63, 3.8) is 0 Å². The monoisotopic (exact) mass is 353 g/mol. The molecule has 0 aliphatic carbocycles. The van der Waals surface area contributed by atoms with Crippen LogP contribution in [0, 0.1) is 0 Å². The second-order valence-electron chi connectivity index (χ2n) is 5.34. The fourth-order valence-electron chi connectivity index (χ4n) is 2.25. The lowest BCUT2D eigenvalue weighted by atomic mass is 10.1. The Morgan fingerprint density at radius 2 is 1.56 bits per heavy atom. The summed E-state index contributed by atoms with van der Waals surface area (Å²) in [6.07, 6.45) is -4.38. The molecule has 0 unspecified atom stereocenters. The smallest absolute Gasteiger partial charge is 0.416 e. The molecule has 0 saturated heterocycles. The Kier molecular flexibility index (Phi) is 5.90. The number of hydrogen-bond acceptors (Lipinski definition) is 3. The molecule has 1 N–H and O–H groups in total. The van der Waals surface area contributed by atoms with Crippen LogP contribution in [0.25, 0.3) is 0 Å². The molecule has 0 aliphatic heterocycles. The molecular formula is C18H18F3NO3. The Hall–Kier alpha value is -2.70. The van der Waals surface area contributed by atoms with E-state index in [9.17, 15) is 18.0 Å². The third-order valence-corrected chi connectivity index (χ3v) is 3.58. The number of carbonyl (C=O) groups excluding carboxylic acids is 1. The largest absolute Gasteiger partial charge is 0.493 e. The van der Waals surface area contributed by atoms with Crippen LogP contribution in [0.4, 0.5) is 13.2 Å². The maximum atomic E-state index is 12.5. The lowest BCUT2D eigenvalue weighted by Crippen LogP contribution is -2.24. The number of rotatable bonds is 6. The number of alkyl halides is 3. The van der Waals surface area contributed by atoms with Crippen LogP contribution in [-0.2, 0) is 23.9 Å². The van der Waals surface area contributed by atoms with Crippen molar-refractivity contribution in [3.8, 4) is 11.5 Å². The number of ether oxygens (including phenoxy) is 2. The minimum Gasteiger partial charge on any atom is -0.493 e. The summed E-state index contributed by atoms with van der Waals surface area (Å²) >= 11 is 0. The summed E-state index contributed by atoms with van der Waals surface area (Å²) in [5.74, 6) is 0.855. The summed E-state index contributed by atoms with van der Waals surface area (Å²) in [5, 5.41) is 2.72. The standard InChI is InChI=1S/C18H18F3NO3/c1-24-15-8-5-13(9-16(15)25-2)11-22-17(23)10-12-3-6-14(7-4-12)18(19,20)21/h3-9H,10-11H2,1-2H3,(H,22,23). The highest BCUT2D eigenvalue weighted by molar-refractivity contribution is 5.78. The van der Waals surface area contributed by atoms with Gasteiger partial charge in [-0.3, -0.25) is 4.79 Å². The first-order valence-corrected chi connectivity index (χ1v) is 7.47. The van der Waals surface area contributed by atoms with Crippen molar-refractivity contribution >= 4 is 5.91 Å². The highest BCUT2D eigenvalue weighted by Gasteiger charge is 2.29. The maximum absolute atomic E-state index is 12.5. The van der Waals surface area contributed by atoms with Crippen LogP contribution in [0.3, 0.4) is 0 Å². The van der Waals surface area contributed by atoms with Crippen molar-refractivity contribution in [2.75, 3.05) is 14.2 Å². The van der Waals surface area contributed by atoms with E-state index < -0.39 is 11.7 Å². The molecular weight excluding hydrogens is 335 g/mol. The van der Waals surface area contributed by atoms with E-state index in [0.29, 0.717) is 17.1 Å². The Balaban J connectivity index is 1.92. The topological polar surface area (TPSA) is 47.6 Å². The van der Waals surface area contributed by atoms with E-state index in [2.05, 4.69) is 5.32 Å². The van der Waals surface area contributed by atoms with Gasteiger partial charge in [0.2, 0.25) is 5.91 Å². The fraction of sp³-hybridized carbons (Fsp3) is 0.278. The molecule has 0 radical (unpaired) electrons. The van der Waals surface area contributed by atoms with E-state index in [1.165, 1.54) is 26.4 Å². The minimum atomic E-state index is -4.38. The molecule has 0 spiro atoms. The molecule has 0 atom stereocenters. The first-order chi connectivity index (χ1) is 11.8. The van der Waals surface area contributed by atoms with Gasteiger partial charge in [-0.2, -0.15) is 13.2 Å². The SMILES string of the molecule is COc1ccc(CNC(=O)Cc2ccc(C(F)(F)F)cc2)cc1OC. The molecule has 4 nitrogen and oxygen atoms in total. The number of halogens is 3. The summed E-state index contributed by atoms with van der Waals surface area (Å²) in [6.45, 7) is 0.278. The lowest BCUT2D eigenvalue weighted by molar-refractivity contribution is -0.137. The number of amides is 1.